The molecule has 86 valence electrons. The van der Waals surface area contributed by atoms with E-state index in [1.165, 1.54) is 0 Å². The van der Waals surface area contributed by atoms with Gasteiger partial charge in [-0.1, -0.05) is 12.1 Å². The molecule has 0 fully saturated rings. The number of aldehydes is 1. The van der Waals surface area contributed by atoms with Crippen LogP contribution in [-0.2, 0) is 10.9 Å². The number of carbonyl (C=O) groups excluding carboxylic acids is 2. The first kappa shape index (κ1) is 12.2. The van der Waals surface area contributed by atoms with Gasteiger partial charge in [0.1, 0.15) is 0 Å². The number of ether oxygens (including phenoxy) is 1. The number of halogens is 3. The van der Waals surface area contributed by atoms with Gasteiger partial charge in [0.25, 0.3) is 0 Å². The van der Waals surface area contributed by atoms with Gasteiger partial charge in [0, 0.05) is 5.56 Å². The van der Waals surface area contributed by atoms with E-state index >= 15 is 0 Å². The van der Waals surface area contributed by atoms with Gasteiger partial charge >= 0.3 is 12.1 Å². The number of rotatable bonds is 2. The van der Waals surface area contributed by atoms with E-state index in [9.17, 15) is 22.8 Å². The maximum Gasteiger partial charge on any atom is 0.417 e. The van der Waals surface area contributed by atoms with Crippen LogP contribution in [-0.4, -0.2) is 19.4 Å². The van der Waals surface area contributed by atoms with Crippen molar-refractivity contribution in [3.8, 4) is 0 Å². The summed E-state index contributed by atoms with van der Waals surface area (Å²) in [6, 6.07) is 2.90. The van der Waals surface area contributed by atoms with Crippen molar-refractivity contribution in [2.75, 3.05) is 7.11 Å². The molecule has 0 saturated heterocycles. The quantitative estimate of drug-likeness (QED) is 0.580. The molecule has 0 aliphatic rings. The summed E-state index contributed by atoms with van der Waals surface area (Å²) in [5, 5.41) is 0. The third-order valence-corrected chi connectivity index (χ3v) is 1.92. The van der Waals surface area contributed by atoms with Crippen molar-refractivity contribution in [1.82, 2.24) is 0 Å². The highest BCUT2D eigenvalue weighted by Gasteiger charge is 2.36. The fraction of sp³-hybridized carbons (Fsp3) is 0.200. The van der Waals surface area contributed by atoms with Crippen LogP contribution in [0.1, 0.15) is 26.3 Å². The van der Waals surface area contributed by atoms with Gasteiger partial charge in [-0.25, -0.2) is 4.79 Å². The van der Waals surface area contributed by atoms with E-state index in [0.29, 0.717) is 0 Å². The summed E-state index contributed by atoms with van der Waals surface area (Å²) in [6.07, 6.45) is -4.52. The minimum atomic E-state index is -4.71. The number of hydrogen-bond donors (Lipinski definition) is 0. The van der Waals surface area contributed by atoms with Crippen LogP contribution in [0.2, 0.25) is 0 Å². The smallest absolute Gasteiger partial charge is 0.417 e. The molecule has 0 atom stereocenters. The van der Waals surface area contributed by atoms with Crippen LogP contribution in [0, 0.1) is 0 Å². The summed E-state index contributed by atoms with van der Waals surface area (Å²) in [5.41, 5.74) is -2.28. The fourth-order valence-electron chi connectivity index (χ4n) is 1.23. The summed E-state index contributed by atoms with van der Waals surface area (Å²) in [4.78, 5) is 21.7. The zero-order chi connectivity index (χ0) is 12.3. The third-order valence-electron chi connectivity index (χ3n) is 1.92. The monoisotopic (exact) mass is 232 g/mol. The van der Waals surface area contributed by atoms with Crippen LogP contribution in [0.25, 0.3) is 0 Å². The Morgan fingerprint density at radius 1 is 1.38 bits per heavy atom. The highest BCUT2D eigenvalue weighted by atomic mass is 19.4. The second-order valence-corrected chi connectivity index (χ2v) is 2.88. The molecule has 1 aromatic rings. The predicted octanol–water partition coefficient (Wildman–Crippen LogP) is 2.30. The summed E-state index contributed by atoms with van der Waals surface area (Å²) in [7, 11) is 0.948. The van der Waals surface area contributed by atoms with Gasteiger partial charge in [0.05, 0.1) is 18.2 Å². The minimum absolute atomic E-state index is 0.182. The molecular formula is C10H7F3O3. The van der Waals surface area contributed by atoms with E-state index in [1.54, 1.807) is 0 Å². The summed E-state index contributed by atoms with van der Waals surface area (Å²) in [5.74, 6) is -1.19. The molecule has 0 saturated carbocycles. The van der Waals surface area contributed by atoms with Gasteiger partial charge in [-0.15, -0.1) is 0 Å². The van der Waals surface area contributed by atoms with Crippen molar-refractivity contribution in [1.29, 1.82) is 0 Å². The number of methoxy groups -OCH3 is 1. The van der Waals surface area contributed by atoms with Gasteiger partial charge < -0.3 is 4.74 Å². The first-order valence-corrected chi connectivity index (χ1v) is 4.15. The average Bonchev–Trinajstić information content (AvgIpc) is 2.25. The van der Waals surface area contributed by atoms with Crippen molar-refractivity contribution >= 4 is 12.3 Å². The second kappa shape index (κ2) is 4.34. The maximum atomic E-state index is 12.5. The van der Waals surface area contributed by atoms with Crippen LogP contribution < -0.4 is 0 Å². The molecular weight excluding hydrogens is 225 g/mol. The molecule has 0 aliphatic carbocycles. The summed E-state index contributed by atoms with van der Waals surface area (Å²) in [6.45, 7) is 0. The van der Waals surface area contributed by atoms with Crippen molar-refractivity contribution in [2.45, 2.75) is 6.18 Å². The Hall–Kier alpha value is -1.85. The molecule has 6 heteroatoms. The molecule has 1 aromatic carbocycles. The summed E-state index contributed by atoms with van der Waals surface area (Å²) < 4.78 is 41.8. The van der Waals surface area contributed by atoms with Gasteiger partial charge in [-0.05, 0) is 6.07 Å². The second-order valence-electron chi connectivity index (χ2n) is 2.88. The van der Waals surface area contributed by atoms with E-state index in [-0.39, 0.29) is 11.8 Å². The van der Waals surface area contributed by atoms with Crippen LogP contribution in [0.4, 0.5) is 13.2 Å². The molecule has 3 nitrogen and oxygen atoms in total. The van der Waals surface area contributed by atoms with Crippen LogP contribution in [0.5, 0.6) is 0 Å². The first-order valence-electron chi connectivity index (χ1n) is 4.15. The van der Waals surface area contributed by atoms with Crippen molar-refractivity contribution < 1.29 is 27.5 Å². The molecule has 0 unspecified atom stereocenters. The Bertz CT molecular complexity index is 424. The Balaban J connectivity index is 3.50. The third kappa shape index (κ3) is 2.21. The normalized spacial score (nSPS) is 11.0. The van der Waals surface area contributed by atoms with E-state index in [2.05, 4.69) is 4.74 Å². The first-order chi connectivity index (χ1) is 7.41. The molecule has 16 heavy (non-hydrogen) atoms. The Kier molecular flexibility index (Phi) is 3.31. The average molecular weight is 232 g/mol. The highest BCUT2D eigenvalue weighted by molar-refractivity contribution is 5.99. The molecule has 0 bridgehead atoms. The minimum Gasteiger partial charge on any atom is -0.465 e. The van der Waals surface area contributed by atoms with Crippen LogP contribution >= 0.6 is 0 Å². The van der Waals surface area contributed by atoms with Crippen molar-refractivity contribution in [3.05, 3.63) is 34.9 Å². The molecule has 0 aliphatic heterocycles. The zero-order valence-corrected chi connectivity index (χ0v) is 8.17. The van der Waals surface area contributed by atoms with Gasteiger partial charge in [-0.3, -0.25) is 4.79 Å². The Morgan fingerprint density at radius 3 is 2.44 bits per heavy atom. The predicted molar refractivity (Wildman–Crippen MR) is 48.2 cm³/mol. The SMILES string of the molecule is COC(=O)c1c(C=O)cccc1C(F)(F)F. The van der Waals surface area contributed by atoms with Gasteiger partial charge in [0.15, 0.2) is 6.29 Å². The lowest BCUT2D eigenvalue weighted by Gasteiger charge is -2.12. The molecule has 0 amide bonds. The maximum absolute atomic E-state index is 12.5. The van der Waals surface area contributed by atoms with E-state index < -0.39 is 23.3 Å². The molecule has 0 heterocycles. The number of carbonyl (C=O) groups is 2. The largest absolute Gasteiger partial charge is 0.465 e. The van der Waals surface area contributed by atoms with Crippen molar-refractivity contribution in [2.24, 2.45) is 0 Å². The lowest BCUT2D eigenvalue weighted by Crippen LogP contribution is -2.16. The zero-order valence-electron chi connectivity index (χ0n) is 8.17. The number of esters is 1. The molecule has 0 spiro atoms. The van der Waals surface area contributed by atoms with E-state index in [1.807, 2.05) is 0 Å². The lowest BCUT2D eigenvalue weighted by molar-refractivity contribution is -0.138. The molecule has 0 radical (unpaired) electrons. The Labute approximate surface area is 88.8 Å². The lowest BCUT2D eigenvalue weighted by atomic mass is 10.0. The van der Waals surface area contributed by atoms with Gasteiger partial charge in [-0.2, -0.15) is 13.2 Å². The standard InChI is InChI=1S/C10H7F3O3/c1-16-9(15)8-6(5-14)3-2-4-7(8)10(11,12)13/h2-5H,1H3. The molecule has 0 aromatic heterocycles. The van der Waals surface area contributed by atoms with Crippen LogP contribution in [0.15, 0.2) is 18.2 Å². The molecule has 0 N–H and O–H groups in total. The van der Waals surface area contributed by atoms with Gasteiger partial charge in [0.2, 0.25) is 0 Å². The fourth-order valence-corrected chi connectivity index (χ4v) is 1.23. The van der Waals surface area contributed by atoms with E-state index in [4.69, 9.17) is 0 Å². The number of benzene rings is 1. The Morgan fingerprint density at radius 2 is 2.00 bits per heavy atom. The molecule has 1 rings (SSSR count). The van der Waals surface area contributed by atoms with Crippen molar-refractivity contribution in [3.63, 3.8) is 0 Å². The highest BCUT2D eigenvalue weighted by Crippen LogP contribution is 2.33. The topological polar surface area (TPSA) is 43.4 Å². The van der Waals surface area contributed by atoms with E-state index in [0.717, 1.165) is 25.3 Å². The van der Waals surface area contributed by atoms with Crippen LogP contribution in [0.3, 0.4) is 0 Å². The summed E-state index contributed by atoms with van der Waals surface area (Å²) >= 11 is 0. The number of alkyl halides is 3. The number of hydrogen-bond acceptors (Lipinski definition) is 3.